The standard InChI is InChI=1S/C34H58O10/c1-3-5-7-9-11-12-13-14-15-16-17-19-20-22-29(36)41-25-27(43-30(37)23-21-18-10-8-6-4-2)26-42-34-33(40)32(39)31(38)28(24-35)44-34/h3,7,9,12-13,27-28,31-35,38-40H,1,4-6,8,10-11,14-26H2,2H3/b9-7-,13-12-/t27-,28-,31+,32+,33-,34-/m1/s1. The average molecular weight is 627 g/mol. The van der Waals surface area contributed by atoms with Crippen LogP contribution in [0.3, 0.4) is 0 Å². The number of carbonyl (C=O) groups is 2. The Kier molecular flexibility index (Phi) is 23.8. The van der Waals surface area contributed by atoms with Gasteiger partial charge in [0.2, 0.25) is 0 Å². The summed E-state index contributed by atoms with van der Waals surface area (Å²) in [6.07, 6.45) is 16.6. The zero-order chi connectivity index (χ0) is 32.4. The highest BCUT2D eigenvalue weighted by molar-refractivity contribution is 5.70. The molecule has 0 amide bonds. The van der Waals surface area contributed by atoms with Crippen molar-refractivity contribution in [2.24, 2.45) is 0 Å². The molecule has 0 spiro atoms. The van der Waals surface area contributed by atoms with Gasteiger partial charge < -0.3 is 39.4 Å². The molecule has 0 saturated carbocycles. The van der Waals surface area contributed by atoms with Crippen LogP contribution in [0, 0.1) is 0 Å². The van der Waals surface area contributed by atoms with Crippen molar-refractivity contribution >= 4 is 11.9 Å². The van der Waals surface area contributed by atoms with Crippen LogP contribution in [-0.2, 0) is 28.5 Å². The van der Waals surface area contributed by atoms with Crippen LogP contribution in [0.25, 0.3) is 0 Å². The van der Waals surface area contributed by atoms with Gasteiger partial charge in [-0.05, 0) is 38.5 Å². The van der Waals surface area contributed by atoms with E-state index in [-0.39, 0.29) is 26.1 Å². The Hall–Kier alpha value is -2.08. The molecule has 1 aliphatic heterocycles. The lowest BCUT2D eigenvalue weighted by molar-refractivity contribution is -0.305. The first-order valence-electron chi connectivity index (χ1n) is 16.5. The second-order valence-electron chi connectivity index (χ2n) is 11.4. The van der Waals surface area contributed by atoms with Crippen molar-refractivity contribution in [2.75, 3.05) is 19.8 Å². The minimum atomic E-state index is -1.59. The highest BCUT2D eigenvalue weighted by Gasteiger charge is 2.44. The molecule has 0 aromatic rings. The van der Waals surface area contributed by atoms with E-state index in [1.165, 1.54) is 6.42 Å². The normalized spacial score (nSPS) is 22.8. The maximum Gasteiger partial charge on any atom is 0.306 e. The Morgan fingerprint density at radius 3 is 2.07 bits per heavy atom. The summed E-state index contributed by atoms with van der Waals surface area (Å²) < 4.78 is 21.8. The second kappa shape index (κ2) is 26.2. The minimum absolute atomic E-state index is 0.221. The lowest BCUT2D eigenvalue weighted by atomic mass is 9.99. The van der Waals surface area contributed by atoms with Gasteiger partial charge in [0.05, 0.1) is 13.2 Å². The second-order valence-corrected chi connectivity index (χ2v) is 11.4. The molecule has 1 aliphatic rings. The average Bonchev–Trinajstić information content (AvgIpc) is 3.02. The van der Waals surface area contributed by atoms with Crippen LogP contribution in [0.5, 0.6) is 0 Å². The number of rotatable bonds is 26. The monoisotopic (exact) mass is 626 g/mol. The van der Waals surface area contributed by atoms with Gasteiger partial charge in [-0.1, -0.05) is 88.7 Å². The summed E-state index contributed by atoms with van der Waals surface area (Å²) in [5, 5.41) is 39.6. The molecule has 44 heavy (non-hydrogen) atoms. The summed E-state index contributed by atoms with van der Waals surface area (Å²) in [7, 11) is 0. The fourth-order valence-corrected chi connectivity index (χ4v) is 4.72. The first-order chi connectivity index (χ1) is 21.3. The van der Waals surface area contributed by atoms with Gasteiger partial charge in [-0.3, -0.25) is 9.59 Å². The van der Waals surface area contributed by atoms with Crippen LogP contribution in [0.1, 0.15) is 110 Å². The molecular weight excluding hydrogens is 568 g/mol. The molecule has 0 aromatic heterocycles. The van der Waals surface area contributed by atoms with Crippen LogP contribution in [-0.4, -0.2) is 89.0 Å². The molecule has 6 atom stereocenters. The van der Waals surface area contributed by atoms with Crippen molar-refractivity contribution in [1.82, 2.24) is 0 Å². The third kappa shape index (κ3) is 18.7. The Morgan fingerprint density at radius 1 is 0.773 bits per heavy atom. The number of ether oxygens (including phenoxy) is 4. The van der Waals surface area contributed by atoms with Gasteiger partial charge in [0.15, 0.2) is 12.4 Å². The van der Waals surface area contributed by atoms with Gasteiger partial charge in [-0.2, -0.15) is 0 Å². The Labute approximate surface area is 264 Å². The first kappa shape index (κ1) is 39.9. The van der Waals surface area contributed by atoms with Gasteiger partial charge in [-0.25, -0.2) is 0 Å². The van der Waals surface area contributed by atoms with Crippen molar-refractivity contribution in [1.29, 1.82) is 0 Å². The fraction of sp³-hybridized carbons (Fsp3) is 0.765. The van der Waals surface area contributed by atoms with E-state index in [0.717, 1.165) is 70.6 Å². The molecule has 0 bridgehead atoms. The molecule has 1 saturated heterocycles. The number of allylic oxidation sites excluding steroid dienone is 5. The number of hydrogen-bond donors (Lipinski definition) is 4. The van der Waals surface area contributed by atoms with Crippen LogP contribution < -0.4 is 0 Å². The minimum Gasteiger partial charge on any atom is -0.462 e. The van der Waals surface area contributed by atoms with Gasteiger partial charge in [0.1, 0.15) is 31.0 Å². The number of esters is 2. The lowest BCUT2D eigenvalue weighted by Gasteiger charge is -2.39. The zero-order valence-electron chi connectivity index (χ0n) is 26.7. The van der Waals surface area contributed by atoms with Crippen LogP contribution >= 0.6 is 0 Å². The summed E-state index contributed by atoms with van der Waals surface area (Å²) in [6, 6.07) is 0. The molecule has 254 valence electrons. The molecule has 1 heterocycles. The molecule has 1 fully saturated rings. The van der Waals surface area contributed by atoms with E-state index < -0.39 is 55.4 Å². The van der Waals surface area contributed by atoms with Crippen molar-refractivity contribution < 1.29 is 49.0 Å². The fourth-order valence-electron chi connectivity index (χ4n) is 4.72. The van der Waals surface area contributed by atoms with Gasteiger partial charge >= 0.3 is 11.9 Å². The van der Waals surface area contributed by atoms with Gasteiger partial charge in [0.25, 0.3) is 0 Å². The predicted molar refractivity (Wildman–Crippen MR) is 169 cm³/mol. The third-order valence-electron chi connectivity index (χ3n) is 7.42. The summed E-state index contributed by atoms with van der Waals surface area (Å²) in [4.78, 5) is 24.9. The summed E-state index contributed by atoms with van der Waals surface area (Å²) in [6.45, 7) is 4.73. The first-order valence-corrected chi connectivity index (χ1v) is 16.5. The quantitative estimate of drug-likeness (QED) is 0.0598. The number of unbranched alkanes of at least 4 members (excludes halogenated alkanes) is 10. The highest BCUT2D eigenvalue weighted by Crippen LogP contribution is 2.22. The van der Waals surface area contributed by atoms with Crippen LogP contribution in [0.2, 0.25) is 0 Å². The molecule has 1 rings (SSSR count). The molecule has 10 heteroatoms. The van der Waals surface area contributed by atoms with E-state index >= 15 is 0 Å². The van der Waals surface area contributed by atoms with Crippen molar-refractivity contribution in [3.05, 3.63) is 37.0 Å². The maximum atomic E-state index is 12.5. The summed E-state index contributed by atoms with van der Waals surface area (Å²) in [5.41, 5.74) is 0. The molecule has 10 nitrogen and oxygen atoms in total. The largest absolute Gasteiger partial charge is 0.462 e. The van der Waals surface area contributed by atoms with E-state index in [0.29, 0.717) is 12.8 Å². The number of aliphatic hydroxyl groups is 4. The molecule has 0 radical (unpaired) electrons. The SMILES string of the molecule is C=CC/C=C\C/C=C\CCCCCCCC(=O)OC[C@H](CO[C@@H]1O[C@H](CO)[C@H](O)[C@H](O)[C@H]1O)OC(=O)CCCCCCCC. The molecule has 0 aliphatic carbocycles. The number of aliphatic hydroxyl groups excluding tert-OH is 4. The van der Waals surface area contributed by atoms with Crippen LogP contribution in [0.15, 0.2) is 37.0 Å². The molecule has 0 unspecified atom stereocenters. The van der Waals surface area contributed by atoms with Gasteiger partial charge in [0, 0.05) is 12.8 Å². The lowest BCUT2D eigenvalue weighted by Crippen LogP contribution is -2.59. The molecular formula is C34H58O10. The van der Waals surface area contributed by atoms with E-state index in [1.54, 1.807) is 0 Å². The topological polar surface area (TPSA) is 152 Å². The number of carbonyl (C=O) groups excluding carboxylic acids is 2. The van der Waals surface area contributed by atoms with Crippen molar-refractivity contribution in [3.63, 3.8) is 0 Å². The van der Waals surface area contributed by atoms with Crippen LogP contribution in [0.4, 0.5) is 0 Å². The van der Waals surface area contributed by atoms with E-state index in [9.17, 15) is 30.0 Å². The molecule has 0 aromatic carbocycles. The van der Waals surface area contributed by atoms with Crippen molar-refractivity contribution in [3.8, 4) is 0 Å². The smallest absolute Gasteiger partial charge is 0.306 e. The van der Waals surface area contributed by atoms with E-state index in [2.05, 4.69) is 37.8 Å². The van der Waals surface area contributed by atoms with Crippen molar-refractivity contribution in [2.45, 2.75) is 146 Å². The van der Waals surface area contributed by atoms with E-state index in [4.69, 9.17) is 18.9 Å². The Morgan fingerprint density at radius 2 is 1.39 bits per heavy atom. The Bertz CT molecular complexity index is 812. The Balaban J connectivity index is 2.43. The third-order valence-corrected chi connectivity index (χ3v) is 7.42. The highest BCUT2D eigenvalue weighted by atomic mass is 16.7. The maximum absolute atomic E-state index is 12.5. The molecule has 4 N–H and O–H groups in total. The summed E-state index contributed by atoms with van der Waals surface area (Å²) >= 11 is 0. The predicted octanol–water partition coefficient (Wildman–Crippen LogP) is 4.82. The summed E-state index contributed by atoms with van der Waals surface area (Å²) in [5.74, 6) is -0.847. The van der Waals surface area contributed by atoms with E-state index in [1.807, 2.05) is 6.08 Å². The zero-order valence-corrected chi connectivity index (χ0v) is 26.7. The number of hydrogen-bond acceptors (Lipinski definition) is 10. The van der Waals surface area contributed by atoms with Gasteiger partial charge in [-0.15, -0.1) is 6.58 Å².